The van der Waals surface area contributed by atoms with Crippen molar-refractivity contribution < 1.29 is 9.59 Å². The Balaban J connectivity index is 1.99. The predicted molar refractivity (Wildman–Crippen MR) is 99.8 cm³/mol. The van der Waals surface area contributed by atoms with E-state index >= 15 is 0 Å². The topological polar surface area (TPSA) is 37.4 Å². The van der Waals surface area contributed by atoms with Gasteiger partial charge in [-0.3, -0.25) is 9.59 Å². The van der Waals surface area contributed by atoms with Crippen molar-refractivity contribution in [2.24, 2.45) is 0 Å². The van der Waals surface area contributed by atoms with Crippen LogP contribution in [0.2, 0.25) is 0 Å². The van der Waals surface area contributed by atoms with Gasteiger partial charge in [0.15, 0.2) is 0 Å². The van der Waals surface area contributed by atoms with E-state index in [4.69, 9.17) is 0 Å². The Kier molecular flexibility index (Phi) is 5.06. The number of hydrogen-bond acceptors (Lipinski definition) is 3. The van der Waals surface area contributed by atoms with Gasteiger partial charge < -0.3 is 4.90 Å². The zero-order chi connectivity index (χ0) is 16.9. The lowest BCUT2D eigenvalue weighted by molar-refractivity contribution is -0.104. The van der Waals surface area contributed by atoms with Crippen LogP contribution in [0.5, 0.6) is 0 Å². The highest BCUT2D eigenvalue weighted by Gasteiger charge is 2.20. The maximum absolute atomic E-state index is 10.9. The minimum Gasteiger partial charge on any atom is -0.334 e. The third-order valence-corrected chi connectivity index (χ3v) is 4.51. The first-order valence-corrected chi connectivity index (χ1v) is 8.44. The monoisotopic (exact) mass is 381 g/mol. The van der Waals surface area contributed by atoms with Crippen molar-refractivity contribution in [1.29, 1.82) is 0 Å². The van der Waals surface area contributed by atoms with Crippen LogP contribution in [0.1, 0.15) is 16.8 Å². The summed E-state index contributed by atoms with van der Waals surface area (Å²) in [6, 6.07) is 15.7. The molecule has 0 saturated heterocycles. The molecule has 2 aromatic carbocycles. The Bertz CT molecular complexity index is 791. The molecule has 0 aliphatic heterocycles. The minimum absolute atomic E-state index is 0.108. The molecule has 3 nitrogen and oxygen atoms in total. The summed E-state index contributed by atoms with van der Waals surface area (Å²) in [6.07, 6.45) is 8.30. The summed E-state index contributed by atoms with van der Waals surface area (Å²) in [4.78, 5) is 24.0. The van der Waals surface area contributed by atoms with Gasteiger partial charge in [0.25, 0.3) is 0 Å². The number of benzene rings is 2. The molecule has 0 radical (unpaired) electrons. The van der Waals surface area contributed by atoms with Gasteiger partial charge in [-0.05, 0) is 55.0 Å². The first-order valence-electron chi connectivity index (χ1n) is 7.65. The normalized spacial score (nSPS) is 16.4. The summed E-state index contributed by atoms with van der Waals surface area (Å²) in [5.41, 5.74) is 3.41. The third-order valence-electron chi connectivity index (χ3n) is 3.99. The highest BCUT2D eigenvalue weighted by atomic mass is 79.9. The molecule has 1 aliphatic rings. The molecule has 0 saturated carbocycles. The van der Waals surface area contributed by atoms with E-state index in [0.717, 1.165) is 34.8 Å². The molecule has 0 fully saturated rings. The molecular weight excluding hydrogens is 366 g/mol. The smallest absolute Gasteiger partial charge is 0.150 e. The number of anilines is 2. The average Bonchev–Trinajstić information content (AvgIpc) is 2.64. The molecule has 4 heteroatoms. The SMILES string of the molecule is O=CC1=CCC(N(c2ccc(Br)cc2)c2ccc(C=O)cc2)C=C1. The Labute approximate surface area is 149 Å². The molecular formula is C20H16BrNO2. The van der Waals surface area contributed by atoms with Gasteiger partial charge >= 0.3 is 0 Å². The molecule has 0 N–H and O–H groups in total. The van der Waals surface area contributed by atoms with Crippen LogP contribution in [0, 0.1) is 0 Å². The Morgan fingerprint density at radius 2 is 1.54 bits per heavy atom. The van der Waals surface area contributed by atoms with E-state index in [1.54, 1.807) is 0 Å². The molecule has 0 bridgehead atoms. The van der Waals surface area contributed by atoms with Crippen molar-refractivity contribution in [1.82, 2.24) is 0 Å². The van der Waals surface area contributed by atoms with Crippen molar-refractivity contribution >= 4 is 39.9 Å². The van der Waals surface area contributed by atoms with E-state index in [-0.39, 0.29) is 6.04 Å². The van der Waals surface area contributed by atoms with Crippen molar-refractivity contribution in [3.05, 3.63) is 82.4 Å². The maximum atomic E-state index is 10.9. The first-order chi connectivity index (χ1) is 11.7. The highest BCUT2D eigenvalue weighted by Crippen LogP contribution is 2.32. The van der Waals surface area contributed by atoms with Crippen molar-refractivity contribution in [2.75, 3.05) is 4.90 Å². The molecule has 1 aliphatic carbocycles. The van der Waals surface area contributed by atoms with Crippen molar-refractivity contribution in [2.45, 2.75) is 12.5 Å². The van der Waals surface area contributed by atoms with Crippen LogP contribution < -0.4 is 4.90 Å². The molecule has 2 aromatic rings. The number of halogens is 1. The quantitative estimate of drug-likeness (QED) is 0.694. The van der Waals surface area contributed by atoms with E-state index < -0.39 is 0 Å². The first kappa shape index (κ1) is 16.4. The van der Waals surface area contributed by atoms with Crippen LogP contribution >= 0.6 is 15.9 Å². The molecule has 0 aromatic heterocycles. The molecule has 0 heterocycles. The second-order valence-corrected chi connectivity index (χ2v) is 6.46. The molecule has 0 amide bonds. The van der Waals surface area contributed by atoms with E-state index in [9.17, 15) is 9.59 Å². The second kappa shape index (κ2) is 7.41. The van der Waals surface area contributed by atoms with Gasteiger partial charge in [-0.15, -0.1) is 0 Å². The van der Waals surface area contributed by atoms with Crippen LogP contribution in [-0.2, 0) is 4.79 Å². The van der Waals surface area contributed by atoms with Gasteiger partial charge in [0, 0.05) is 27.0 Å². The molecule has 24 heavy (non-hydrogen) atoms. The number of allylic oxidation sites excluding steroid dienone is 2. The fourth-order valence-electron chi connectivity index (χ4n) is 2.75. The molecule has 0 spiro atoms. The summed E-state index contributed by atoms with van der Waals surface area (Å²) in [6.45, 7) is 0. The number of carbonyl (C=O) groups excluding carboxylic acids is 2. The van der Waals surface area contributed by atoms with E-state index in [1.807, 2.05) is 66.8 Å². The number of aldehydes is 2. The molecule has 120 valence electrons. The number of rotatable bonds is 5. The van der Waals surface area contributed by atoms with E-state index in [1.165, 1.54) is 0 Å². The zero-order valence-electron chi connectivity index (χ0n) is 12.9. The summed E-state index contributed by atoms with van der Waals surface area (Å²) in [7, 11) is 0. The van der Waals surface area contributed by atoms with Gasteiger partial charge in [-0.2, -0.15) is 0 Å². The van der Waals surface area contributed by atoms with Gasteiger partial charge in [0.05, 0.1) is 6.04 Å². The maximum Gasteiger partial charge on any atom is 0.150 e. The standard InChI is InChI=1S/C20H16BrNO2/c21-17-5-11-20(12-6-17)22(18-7-1-15(13-23)2-8-18)19-9-3-16(14-24)4-10-19/h1-9,11-14,19H,10H2. The lowest BCUT2D eigenvalue weighted by Gasteiger charge is -2.33. The number of hydrogen-bond donors (Lipinski definition) is 0. The lowest BCUT2D eigenvalue weighted by Crippen LogP contribution is -2.30. The van der Waals surface area contributed by atoms with E-state index in [2.05, 4.69) is 20.8 Å². The second-order valence-electron chi connectivity index (χ2n) is 5.54. The fourth-order valence-corrected chi connectivity index (χ4v) is 3.02. The molecule has 1 atom stereocenters. The Morgan fingerprint density at radius 1 is 0.917 bits per heavy atom. The zero-order valence-corrected chi connectivity index (χ0v) is 14.5. The van der Waals surface area contributed by atoms with Crippen LogP contribution in [0.4, 0.5) is 11.4 Å². The van der Waals surface area contributed by atoms with Crippen LogP contribution in [0.3, 0.4) is 0 Å². The Morgan fingerprint density at radius 3 is 2.04 bits per heavy atom. The van der Waals surface area contributed by atoms with Crippen LogP contribution in [0.25, 0.3) is 0 Å². The Hall–Kier alpha value is -2.46. The number of nitrogens with zero attached hydrogens (tertiary/aromatic N) is 1. The van der Waals surface area contributed by atoms with Crippen LogP contribution in [-0.4, -0.2) is 18.6 Å². The van der Waals surface area contributed by atoms with Gasteiger partial charge in [0.2, 0.25) is 0 Å². The molecule has 1 unspecified atom stereocenters. The predicted octanol–water partition coefficient (Wildman–Crippen LogP) is 4.85. The van der Waals surface area contributed by atoms with Gasteiger partial charge in [-0.1, -0.05) is 34.2 Å². The van der Waals surface area contributed by atoms with Crippen molar-refractivity contribution in [3.63, 3.8) is 0 Å². The minimum atomic E-state index is 0.108. The van der Waals surface area contributed by atoms with Gasteiger partial charge in [-0.25, -0.2) is 0 Å². The summed E-state index contributed by atoms with van der Waals surface area (Å²) in [5.74, 6) is 0. The van der Waals surface area contributed by atoms with Crippen molar-refractivity contribution in [3.8, 4) is 0 Å². The highest BCUT2D eigenvalue weighted by molar-refractivity contribution is 9.10. The molecule has 3 rings (SSSR count). The van der Waals surface area contributed by atoms with Crippen LogP contribution in [0.15, 0.2) is 76.8 Å². The summed E-state index contributed by atoms with van der Waals surface area (Å²) >= 11 is 3.46. The summed E-state index contributed by atoms with van der Waals surface area (Å²) < 4.78 is 1.02. The lowest BCUT2D eigenvalue weighted by atomic mass is 10.0. The number of carbonyl (C=O) groups is 2. The fraction of sp³-hybridized carbons (Fsp3) is 0.100. The average molecular weight is 382 g/mol. The summed E-state index contributed by atoms with van der Waals surface area (Å²) in [5, 5.41) is 0. The van der Waals surface area contributed by atoms with E-state index in [0.29, 0.717) is 11.1 Å². The third kappa shape index (κ3) is 3.54. The largest absolute Gasteiger partial charge is 0.334 e. The van der Waals surface area contributed by atoms with Gasteiger partial charge in [0.1, 0.15) is 12.6 Å².